The summed E-state index contributed by atoms with van der Waals surface area (Å²) >= 11 is 5.44. The zero-order valence-corrected chi connectivity index (χ0v) is 11.7. The lowest BCUT2D eigenvalue weighted by Gasteiger charge is -2.21. The molecular formula is C12H18BrNS. The van der Waals surface area contributed by atoms with Crippen LogP contribution in [0.5, 0.6) is 0 Å². The molecule has 1 rings (SSSR count). The van der Waals surface area contributed by atoms with Crippen molar-refractivity contribution >= 4 is 27.7 Å². The van der Waals surface area contributed by atoms with Gasteiger partial charge in [-0.2, -0.15) is 0 Å². The fourth-order valence-electron chi connectivity index (χ4n) is 1.10. The van der Waals surface area contributed by atoms with Gasteiger partial charge in [-0.25, -0.2) is 0 Å². The van der Waals surface area contributed by atoms with Gasteiger partial charge in [0.1, 0.15) is 0 Å². The Morgan fingerprint density at radius 3 is 2.60 bits per heavy atom. The minimum atomic E-state index is 0.258. The molecule has 0 radical (unpaired) electrons. The number of hydrogen-bond acceptors (Lipinski definition) is 2. The summed E-state index contributed by atoms with van der Waals surface area (Å²) in [5.41, 5.74) is 5.96. The first-order valence-corrected chi connectivity index (χ1v) is 6.90. The highest BCUT2D eigenvalue weighted by atomic mass is 79.9. The lowest BCUT2D eigenvalue weighted by atomic mass is 9.91. The molecule has 0 amide bonds. The Balaban J connectivity index is 2.42. The van der Waals surface area contributed by atoms with Crippen LogP contribution in [0, 0.1) is 5.41 Å². The van der Waals surface area contributed by atoms with Crippen LogP contribution in [0.4, 0.5) is 0 Å². The summed E-state index contributed by atoms with van der Waals surface area (Å²) in [6.45, 7) is 5.19. The minimum Gasteiger partial charge on any atom is -0.330 e. The fourth-order valence-corrected chi connectivity index (χ4v) is 2.98. The third-order valence-corrected chi connectivity index (χ3v) is 4.45. The Morgan fingerprint density at radius 2 is 2.00 bits per heavy atom. The van der Waals surface area contributed by atoms with Gasteiger partial charge < -0.3 is 5.73 Å². The Morgan fingerprint density at radius 1 is 1.33 bits per heavy atom. The monoisotopic (exact) mass is 287 g/mol. The summed E-state index contributed by atoms with van der Waals surface area (Å²) in [5.74, 6) is 1.12. The molecule has 0 saturated heterocycles. The number of nitrogens with two attached hydrogens (primary N) is 1. The molecule has 0 aliphatic carbocycles. The minimum absolute atomic E-state index is 0.258. The Bertz CT molecular complexity index is 312. The topological polar surface area (TPSA) is 26.0 Å². The highest BCUT2D eigenvalue weighted by molar-refractivity contribution is 9.10. The average molecular weight is 288 g/mol. The van der Waals surface area contributed by atoms with Gasteiger partial charge in [-0.1, -0.05) is 26.0 Å². The highest BCUT2D eigenvalue weighted by Gasteiger charge is 2.15. The molecule has 0 unspecified atom stereocenters. The van der Waals surface area contributed by atoms with E-state index in [-0.39, 0.29) is 5.41 Å². The number of rotatable bonds is 5. The van der Waals surface area contributed by atoms with Crippen LogP contribution in [0.25, 0.3) is 0 Å². The van der Waals surface area contributed by atoms with Crippen molar-refractivity contribution in [2.75, 3.05) is 12.3 Å². The molecule has 0 heterocycles. The first-order valence-electron chi connectivity index (χ1n) is 5.12. The summed E-state index contributed by atoms with van der Waals surface area (Å²) in [7, 11) is 0. The Labute approximate surface area is 105 Å². The summed E-state index contributed by atoms with van der Waals surface area (Å²) in [4.78, 5) is 1.31. The Kier molecular flexibility index (Phi) is 5.16. The van der Waals surface area contributed by atoms with E-state index in [1.54, 1.807) is 0 Å². The highest BCUT2D eigenvalue weighted by Crippen LogP contribution is 2.30. The summed E-state index contributed by atoms with van der Waals surface area (Å²) < 4.78 is 1.18. The normalized spacial score (nSPS) is 11.7. The third-order valence-electron chi connectivity index (χ3n) is 2.43. The van der Waals surface area contributed by atoms with Gasteiger partial charge in [-0.05, 0) is 52.2 Å². The number of thioether (sulfide) groups is 1. The largest absolute Gasteiger partial charge is 0.330 e. The molecule has 15 heavy (non-hydrogen) atoms. The molecule has 0 aliphatic rings. The summed E-state index contributed by atoms with van der Waals surface area (Å²) in [6.07, 6.45) is 1.15. The van der Waals surface area contributed by atoms with Gasteiger partial charge in [0.15, 0.2) is 0 Å². The second-order valence-electron chi connectivity index (χ2n) is 4.40. The van der Waals surface area contributed by atoms with Crippen LogP contribution in [0.15, 0.2) is 33.6 Å². The zero-order valence-electron chi connectivity index (χ0n) is 9.29. The summed E-state index contributed by atoms with van der Waals surface area (Å²) in [6, 6.07) is 8.33. The molecule has 0 aliphatic heterocycles. The molecule has 1 aromatic carbocycles. The summed E-state index contributed by atoms with van der Waals surface area (Å²) in [5, 5.41) is 0. The van der Waals surface area contributed by atoms with E-state index in [1.165, 1.54) is 9.37 Å². The van der Waals surface area contributed by atoms with Gasteiger partial charge in [-0.15, -0.1) is 11.8 Å². The molecule has 0 spiro atoms. The molecule has 1 aromatic rings. The molecule has 3 heteroatoms. The molecule has 0 bridgehead atoms. The van der Waals surface area contributed by atoms with E-state index in [2.05, 4.69) is 48.0 Å². The van der Waals surface area contributed by atoms with Crippen LogP contribution in [0.1, 0.15) is 20.3 Å². The van der Waals surface area contributed by atoms with Crippen LogP contribution < -0.4 is 5.73 Å². The van der Waals surface area contributed by atoms with Gasteiger partial charge in [0.25, 0.3) is 0 Å². The SMILES string of the molecule is CC(C)(CN)CCSc1ccccc1Br. The number of benzene rings is 1. The molecule has 1 nitrogen and oxygen atoms in total. The van der Waals surface area contributed by atoms with Crippen molar-refractivity contribution in [3.63, 3.8) is 0 Å². The van der Waals surface area contributed by atoms with E-state index >= 15 is 0 Å². The molecular weight excluding hydrogens is 270 g/mol. The van der Waals surface area contributed by atoms with Crippen LogP contribution in [-0.2, 0) is 0 Å². The molecule has 0 saturated carbocycles. The second-order valence-corrected chi connectivity index (χ2v) is 6.39. The van der Waals surface area contributed by atoms with Crippen molar-refractivity contribution in [2.45, 2.75) is 25.2 Å². The van der Waals surface area contributed by atoms with Crippen LogP contribution >= 0.6 is 27.7 Å². The van der Waals surface area contributed by atoms with Crippen molar-refractivity contribution in [3.05, 3.63) is 28.7 Å². The smallest absolute Gasteiger partial charge is 0.0311 e. The lowest BCUT2D eigenvalue weighted by Crippen LogP contribution is -2.23. The molecule has 0 aromatic heterocycles. The molecule has 84 valence electrons. The van der Waals surface area contributed by atoms with Crippen LogP contribution in [0.3, 0.4) is 0 Å². The predicted molar refractivity (Wildman–Crippen MR) is 72.3 cm³/mol. The van der Waals surface area contributed by atoms with E-state index in [1.807, 2.05) is 17.8 Å². The first-order chi connectivity index (χ1) is 7.05. The maximum Gasteiger partial charge on any atom is 0.0311 e. The standard InChI is InChI=1S/C12H18BrNS/c1-12(2,9-14)7-8-15-11-6-4-3-5-10(11)13/h3-6H,7-9,14H2,1-2H3. The van der Waals surface area contributed by atoms with E-state index in [4.69, 9.17) is 5.73 Å². The van der Waals surface area contributed by atoms with Crippen molar-refractivity contribution < 1.29 is 0 Å². The van der Waals surface area contributed by atoms with Crippen molar-refractivity contribution in [3.8, 4) is 0 Å². The third kappa shape index (κ3) is 4.58. The van der Waals surface area contributed by atoms with E-state index in [9.17, 15) is 0 Å². The lowest BCUT2D eigenvalue weighted by molar-refractivity contribution is 0.368. The zero-order chi connectivity index (χ0) is 11.3. The van der Waals surface area contributed by atoms with Gasteiger partial charge in [0, 0.05) is 9.37 Å². The van der Waals surface area contributed by atoms with Crippen LogP contribution in [0.2, 0.25) is 0 Å². The average Bonchev–Trinajstić information content (AvgIpc) is 2.21. The maximum absolute atomic E-state index is 5.70. The molecule has 2 N–H and O–H groups in total. The fraction of sp³-hybridized carbons (Fsp3) is 0.500. The van der Waals surface area contributed by atoms with Gasteiger partial charge in [-0.3, -0.25) is 0 Å². The van der Waals surface area contributed by atoms with Gasteiger partial charge in [0.05, 0.1) is 0 Å². The van der Waals surface area contributed by atoms with Gasteiger partial charge in [0.2, 0.25) is 0 Å². The molecule has 0 atom stereocenters. The number of hydrogen-bond donors (Lipinski definition) is 1. The van der Waals surface area contributed by atoms with Crippen molar-refractivity contribution in [1.29, 1.82) is 0 Å². The predicted octanol–water partition coefficient (Wildman–Crippen LogP) is 3.92. The van der Waals surface area contributed by atoms with E-state index in [0.29, 0.717) is 0 Å². The quantitative estimate of drug-likeness (QED) is 0.831. The van der Waals surface area contributed by atoms with Crippen molar-refractivity contribution in [1.82, 2.24) is 0 Å². The van der Waals surface area contributed by atoms with Gasteiger partial charge >= 0.3 is 0 Å². The van der Waals surface area contributed by atoms with E-state index in [0.717, 1.165) is 18.7 Å². The van der Waals surface area contributed by atoms with E-state index < -0.39 is 0 Å². The van der Waals surface area contributed by atoms with Crippen LogP contribution in [-0.4, -0.2) is 12.3 Å². The second kappa shape index (κ2) is 5.92. The first kappa shape index (κ1) is 13.1. The van der Waals surface area contributed by atoms with Crippen molar-refractivity contribution in [2.24, 2.45) is 11.1 Å². The Hall–Kier alpha value is 0.01000. The number of halogens is 1. The maximum atomic E-state index is 5.70. The molecule has 0 fully saturated rings.